The predicted octanol–water partition coefficient (Wildman–Crippen LogP) is 4.03. The average Bonchev–Trinajstić information content (AvgIpc) is 3.60. The SMILES string of the molecule is CN1CCc2nc(Nc3cc(-c4ccnc(N5CCn6c(cc7c6CC(C)(C)C7)C5=O)c4C=O)cn(C)c3=O)sc2C1. The highest BCUT2D eigenvalue weighted by Crippen LogP contribution is 2.40. The van der Waals surface area contributed by atoms with E-state index >= 15 is 0 Å². The molecule has 0 atom stereocenters. The van der Waals surface area contributed by atoms with E-state index in [-0.39, 0.29) is 16.9 Å². The minimum atomic E-state index is -0.200. The van der Waals surface area contributed by atoms with Crippen molar-refractivity contribution in [2.24, 2.45) is 12.5 Å². The molecule has 4 aromatic rings. The largest absolute Gasteiger partial charge is 0.339 e. The fourth-order valence-corrected chi connectivity index (χ4v) is 7.70. The Hall–Kier alpha value is -4.09. The Labute approximate surface area is 247 Å². The van der Waals surface area contributed by atoms with Crippen LogP contribution in [-0.4, -0.2) is 56.3 Å². The first kappa shape index (κ1) is 26.8. The van der Waals surface area contributed by atoms with E-state index in [4.69, 9.17) is 4.98 Å². The van der Waals surface area contributed by atoms with Crippen LogP contribution in [0.5, 0.6) is 0 Å². The van der Waals surface area contributed by atoms with Crippen molar-refractivity contribution in [3.63, 3.8) is 0 Å². The number of aromatic nitrogens is 4. The van der Waals surface area contributed by atoms with Crippen LogP contribution in [0.2, 0.25) is 0 Å². The van der Waals surface area contributed by atoms with Crippen LogP contribution in [0.1, 0.15) is 56.5 Å². The molecule has 2 aliphatic heterocycles. The molecule has 0 bridgehead atoms. The lowest BCUT2D eigenvalue weighted by Gasteiger charge is -2.30. The molecule has 42 heavy (non-hydrogen) atoms. The first-order valence-electron chi connectivity index (χ1n) is 14.2. The maximum Gasteiger partial charge on any atom is 0.276 e. The Kier molecular flexibility index (Phi) is 6.21. The van der Waals surface area contributed by atoms with Crippen molar-refractivity contribution in [2.75, 3.05) is 30.4 Å². The van der Waals surface area contributed by atoms with Gasteiger partial charge in [0.2, 0.25) is 0 Å². The lowest BCUT2D eigenvalue weighted by atomic mass is 9.90. The van der Waals surface area contributed by atoms with Crippen LogP contribution < -0.4 is 15.8 Å². The molecule has 1 amide bonds. The number of hydrogen-bond acceptors (Lipinski definition) is 8. The number of anilines is 3. The number of likely N-dealkylation sites (N-methyl/N-ethyl adjacent to an activating group) is 1. The number of pyridine rings is 2. The summed E-state index contributed by atoms with van der Waals surface area (Å²) in [4.78, 5) is 53.8. The summed E-state index contributed by atoms with van der Waals surface area (Å²) in [6.45, 7) is 7.39. The summed E-state index contributed by atoms with van der Waals surface area (Å²) in [6.07, 6.45) is 6.86. The second kappa shape index (κ2) is 9.74. The van der Waals surface area contributed by atoms with E-state index in [1.807, 2.05) is 6.07 Å². The summed E-state index contributed by atoms with van der Waals surface area (Å²) in [5.74, 6) is 0.183. The maximum atomic E-state index is 13.7. The summed E-state index contributed by atoms with van der Waals surface area (Å²) >= 11 is 1.56. The smallest absolute Gasteiger partial charge is 0.276 e. The number of hydrogen-bond donors (Lipinski definition) is 1. The molecule has 0 fully saturated rings. The highest BCUT2D eigenvalue weighted by Gasteiger charge is 2.37. The quantitative estimate of drug-likeness (QED) is 0.354. The van der Waals surface area contributed by atoms with Crippen LogP contribution in [0.15, 0.2) is 35.4 Å². The fourth-order valence-electron chi connectivity index (χ4n) is 6.60. The molecule has 1 N–H and O–H groups in total. The first-order chi connectivity index (χ1) is 20.1. The Bertz CT molecular complexity index is 1830. The summed E-state index contributed by atoms with van der Waals surface area (Å²) < 4.78 is 3.64. The number of thiazole rings is 1. The standard InChI is InChI=1S/C31H33N7O3S/c1-31(2)13-18-12-24-29(41)38(10-9-37(24)25(18)14-31)27-21(17-39)20(5-7-32-27)19-11-23(28(40)36(4)15-19)34-30-33-22-6-8-35(3)16-26(22)42-30/h5,7,11-12,15,17H,6,8-10,13-14,16H2,1-4H3,(H,33,34). The Morgan fingerprint density at radius 2 is 1.93 bits per heavy atom. The molecule has 6 heterocycles. The zero-order valence-electron chi connectivity index (χ0n) is 24.2. The van der Waals surface area contributed by atoms with E-state index in [0.29, 0.717) is 52.1 Å². The zero-order valence-corrected chi connectivity index (χ0v) is 25.0. The van der Waals surface area contributed by atoms with Gasteiger partial charge in [-0.2, -0.15) is 0 Å². The Balaban J connectivity index is 1.23. The third kappa shape index (κ3) is 4.38. The lowest BCUT2D eigenvalue weighted by Crippen LogP contribution is -2.41. The average molecular weight is 584 g/mol. The fraction of sp³-hybridized carbons (Fsp3) is 0.387. The second-order valence-corrected chi connectivity index (χ2v) is 13.5. The first-order valence-corrected chi connectivity index (χ1v) is 15.1. The number of amides is 1. The molecule has 3 aliphatic rings. The van der Waals surface area contributed by atoms with Gasteiger partial charge in [-0.05, 0) is 54.6 Å². The van der Waals surface area contributed by atoms with Gasteiger partial charge >= 0.3 is 0 Å². The number of nitrogens with zero attached hydrogens (tertiary/aromatic N) is 6. The van der Waals surface area contributed by atoms with Gasteiger partial charge in [0.15, 0.2) is 11.4 Å². The monoisotopic (exact) mass is 583 g/mol. The van der Waals surface area contributed by atoms with Crippen molar-refractivity contribution in [3.8, 4) is 11.1 Å². The molecule has 11 heteroatoms. The highest BCUT2D eigenvalue weighted by atomic mass is 32.1. The third-order valence-corrected chi connectivity index (χ3v) is 9.62. The van der Waals surface area contributed by atoms with Gasteiger partial charge < -0.3 is 19.4 Å². The van der Waals surface area contributed by atoms with Crippen molar-refractivity contribution in [1.82, 2.24) is 24.0 Å². The van der Waals surface area contributed by atoms with E-state index in [2.05, 4.69) is 40.7 Å². The molecule has 4 aromatic heterocycles. The molecular formula is C31H33N7O3S. The van der Waals surface area contributed by atoms with E-state index in [0.717, 1.165) is 44.3 Å². The summed E-state index contributed by atoms with van der Waals surface area (Å²) in [7, 11) is 3.77. The van der Waals surface area contributed by atoms with Crippen LogP contribution in [0.4, 0.5) is 16.6 Å². The minimum Gasteiger partial charge on any atom is -0.339 e. The summed E-state index contributed by atoms with van der Waals surface area (Å²) in [5, 5.41) is 3.91. The number of carbonyl (C=O) groups excluding carboxylic acids is 2. The molecule has 0 saturated heterocycles. The molecule has 216 valence electrons. The second-order valence-electron chi connectivity index (χ2n) is 12.4. The molecule has 10 nitrogen and oxygen atoms in total. The van der Waals surface area contributed by atoms with E-state index in [9.17, 15) is 14.4 Å². The highest BCUT2D eigenvalue weighted by molar-refractivity contribution is 7.15. The van der Waals surface area contributed by atoms with E-state index < -0.39 is 0 Å². The van der Waals surface area contributed by atoms with Gasteiger partial charge in [0.1, 0.15) is 17.2 Å². The van der Waals surface area contributed by atoms with Crippen molar-refractivity contribution in [2.45, 2.75) is 46.2 Å². The van der Waals surface area contributed by atoms with E-state index in [1.54, 1.807) is 47.8 Å². The van der Waals surface area contributed by atoms with Crippen molar-refractivity contribution < 1.29 is 9.59 Å². The number of nitrogens with one attached hydrogen (secondary N) is 1. The molecular weight excluding hydrogens is 550 g/mol. The zero-order chi connectivity index (χ0) is 29.3. The van der Waals surface area contributed by atoms with Gasteiger partial charge in [-0.3, -0.25) is 19.3 Å². The molecule has 0 radical (unpaired) electrons. The molecule has 0 spiro atoms. The summed E-state index contributed by atoms with van der Waals surface area (Å²) in [5.41, 5.74) is 6.16. The predicted molar refractivity (Wildman–Crippen MR) is 163 cm³/mol. The normalized spacial score (nSPS) is 17.6. The van der Waals surface area contributed by atoms with Crippen molar-refractivity contribution in [3.05, 3.63) is 74.0 Å². The van der Waals surface area contributed by atoms with Gasteiger partial charge in [0.05, 0.1) is 11.3 Å². The maximum absolute atomic E-state index is 13.7. The number of rotatable bonds is 5. The van der Waals surface area contributed by atoms with Gasteiger partial charge in [-0.1, -0.05) is 13.8 Å². The Morgan fingerprint density at radius 1 is 1.10 bits per heavy atom. The minimum absolute atomic E-state index is 0.151. The Morgan fingerprint density at radius 3 is 2.74 bits per heavy atom. The molecule has 1 aliphatic carbocycles. The number of carbonyl (C=O) groups is 2. The van der Waals surface area contributed by atoms with Gasteiger partial charge in [0.25, 0.3) is 11.5 Å². The lowest BCUT2D eigenvalue weighted by molar-refractivity contribution is 0.0963. The van der Waals surface area contributed by atoms with Crippen LogP contribution in [-0.2, 0) is 39.4 Å². The molecule has 0 aromatic carbocycles. The summed E-state index contributed by atoms with van der Waals surface area (Å²) in [6, 6.07) is 5.52. The van der Waals surface area contributed by atoms with Crippen molar-refractivity contribution >= 4 is 40.2 Å². The van der Waals surface area contributed by atoms with Crippen LogP contribution in [0, 0.1) is 5.41 Å². The van der Waals surface area contributed by atoms with Crippen molar-refractivity contribution in [1.29, 1.82) is 0 Å². The van der Waals surface area contributed by atoms with Crippen LogP contribution in [0.3, 0.4) is 0 Å². The molecule has 0 unspecified atom stereocenters. The van der Waals surface area contributed by atoms with Crippen LogP contribution in [0.25, 0.3) is 11.1 Å². The van der Waals surface area contributed by atoms with Crippen LogP contribution >= 0.6 is 11.3 Å². The number of aryl methyl sites for hydroxylation is 1. The van der Waals surface area contributed by atoms with Gasteiger partial charge in [-0.15, -0.1) is 11.3 Å². The van der Waals surface area contributed by atoms with Gasteiger partial charge in [-0.25, -0.2) is 9.97 Å². The van der Waals surface area contributed by atoms with Gasteiger partial charge in [0, 0.05) is 68.2 Å². The third-order valence-electron chi connectivity index (χ3n) is 8.63. The molecule has 7 rings (SSSR count). The topological polar surface area (TPSA) is 105 Å². The number of aldehydes is 1. The number of fused-ring (bicyclic) bond motifs is 4. The molecule has 0 saturated carbocycles. The van der Waals surface area contributed by atoms with E-state index in [1.165, 1.54) is 20.7 Å².